The van der Waals surface area contributed by atoms with E-state index in [0.29, 0.717) is 16.2 Å². The molecule has 1 aromatic rings. The molecule has 0 bridgehead atoms. The quantitative estimate of drug-likeness (QED) is 0.485. The lowest BCUT2D eigenvalue weighted by Gasteiger charge is -2.08. The van der Waals surface area contributed by atoms with Crippen LogP contribution in [0.25, 0.3) is 0 Å². The maximum atomic E-state index is 11.6. The van der Waals surface area contributed by atoms with Gasteiger partial charge in [-0.25, -0.2) is 0 Å². The highest BCUT2D eigenvalue weighted by Crippen LogP contribution is 2.16. The number of hydrogen-bond acceptors (Lipinski definition) is 5. The minimum absolute atomic E-state index is 0.162. The van der Waals surface area contributed by atoms with Gasteiger partial charge in [-0.2, -0.15) is 16.5 Å². The SMILES string of the molecule is CSCCC(N)C(=O)Sc1cccc[n+]1[O-]. The second-order valence-corrected chi connectivity index (χ2v) is 5.18. The van der Waals surface area contributed by atoms with Crippen LogP contribution in [0.3, 0.4) is 0 Å². The predicted octanol–water partition coefficient (Wildman–Crippen LogP) is 1.02. The van der Waals surface area contributed by atoms with Crippen LogP contribution in [0.2, 0.25) is 0 Å². The molecular weight excluding hydrogens is 244 g/mol. The molecule has 6 heteroatoms. The van der Waals surface area contributed by atoms with Crippen molar-refractivity contribution in [3.8, 4) is 0 Å². The Bertz CT molecular complexity index is 360. The van der Waals surface area contributed by atoms with Crippen LogP contribution in [0.5, 0.6) is 0 Å². The first kappa shape index (κ1) is 13.3. The number of carbonyl (C=O) groups excluding carboxylic acids is 1. The molecule has 0 fully saturated rings. The van der Waals surface area contributed by atoms with E-state index in [1.807, 2.05) is 6.26 Å². The number of nitrogens with zero attached hydrogens (tertiary/aromatic N) is 1. The third-order valence-electron chi connectivity index (χ3n) is 1.93. The van der Waals surface area contributed by atoms with Gasteiger partial charge in [0.2, 0.25) is 5.12 Å². The number of hydrogen-bond donors (Lipinski definition) is 1. The topological polar surface area (TPSA) is 70.0 Å². The lowest BCUT2D eigenvalue weighted by molar-refractivity contribution is -0.645. The van der Waals surface area contributed by atoms with Crippen molar-refractivity contribution in [2.75, 3.05) is 12.0 Å². The summed E-state index contributed by atoms with van der Waals surface area (Å²) < 4.78 is 0.670. The molecule has 1 aromatic heterocycles. The van der Waals surface area contributed by atoms with Gasteiger partial charge in [0, 0.05) is 23.9 Å². The summed E-state index contributed by atoms with van der Waals surface area (Å²) in [4.78, 5) is 11.6. The van der Waals surface area contributed by atoms with E-state index >= 15 is 0 Å². The van der Waals surface area contributed by atoms with E-state index in [0.717, 1.165) is 17.5 Å². The van der Waals surface area contributed by atoms with Crippen LogP contribution in [0.15, 0.2) is 29.4 Å². The molecule has 1 rings (SSSR count). The standard InChI is InChI=1S/C10H14N2O2S2/c1-15-7-5-8(11)10(13)16-9-4-2-3-6-12(9)14/h2-4,6,8H,5,7,11H2,1H3. The highest BCUT2D eigenvalue weighted by molar-refractivity contribution is 8.13. The van der Waals surface area contributed by atoms with Crippen LogP contribution in [0, 0.1) is 5.21 Å². The van der Waals surface area contributed by atoms with Crippen LogP contribution in [0.4, 0.5) is 0 Å². The van der Waals surface area contributed by atoms with E-state index in [9.17, 15) is 10.0 Å². The van der Waals surface area contributed by atoms with Crippen molar-refractivity contribution in [1.29, 1.82) is 0 Å². The van der Waals surface area contributed by atoms with E-state index in [1.54, 1.807) is 30.0 Å². The fraction of sp³-hybridized carbons (Fsp3) is 0.400. The van der Waals surface area contributed by atoms with Crippen molar-refractivity contribution in [3.05, 3.63) is 29.6 Å². The summed E-state index contributed by atoms with van der Waals surface area (Å²) in [5, 5.41) is 11.5. The Morgan fingerprint density at radius 2 is 2.38 bits per heavy atom. The Labute approximate surface area is 103 Å². The first-order valence-corrected chi connectivity index (χ1v) is 7.00. The molecule has 4 nitrogen and oxygen atoms in total. The maximum Gasteiger partial charge on any atom is 0.258 e. The minimum Gasteiger partial charge on any atom is -0.618 e. The van der Waals surface area contributed by atoms with Gasteiger partial charge in [-0.1, -0.05) is 0 Å². The Morgan fingerprint density at radius 3 is 3.00 bits per heavy atom. The van der Waals surface area contributed by atoms with E-state index in [1.165, 1.54) is 6.20 Å². The second-order valence-electron chi connectivity index (χ2n) is 3.17. The average Bonchev–Trinajstić information content (AvgIpc) is 2.28. The number of carbonyl (C=O) groups is 1. The second kappa shape index (κ2) is 6.78. The molecule has 16 heavy (non-hydrogen) atoms. The molecule has 88 valence electrons. The maximum absolute atomic E-state index is 11.6. The van der Waals surface area contributed by atoms with E-state index < -0.39 is 6.04 Å². The van der Waals surface area contributed by atoms with Crippen molar-refractivity contribution in [2.24, 2.45) is 5.73 Å². The van der Waals surface area contributed by atoms with E-state index in [-0.39, 0.29) is 5.12 Å². The van der Waals surface area contributed by atoms with Crippen LogP contribution >= 0.6 is 23.5 Å². The van der Waals surface area contributed by atoms with Crippen molar-refractivity contribution in [2.45, 2.75) is 17.5 Å². The Hall–Kier alpha value is -0.720. The molecule has 0 spiro atoms. The number of thioether (sulfide) groups is 2. The first-order valence-electron chi connectivity index (χ1n) is 4.79. The lowest BCUT2D eigenvalue weighted by atomic mass is 10.3. The summed E-state index contributed by atoms with van der Waals surface area (Å²) in [6.07, 6.45) is 3.97. The van der Waals surface area contributed by atoms with Gasteiger partial charge >= 0.3 is 0 Å². The Balaban J connectivity index is 2.54. The molecule has 1 atom stereocenters. The van der Waals surface area contributed by atoms with Gasteiger partial charge in [0.1, 0.15) is 0 Å². The summed E-state index contributed by atoms with van der Waals surface area (Å²) in [5.41, 5.74) is 5.71. The molecule has 0 amide bonds. The van der Waals surface area contributed by atoms with Crippen molar-refractivity contribution in [3.63, 3.8) is 0 Å². The lowest BCUT2D eigenvalue weighted by Crippen LogP contribution is -2.32. The van der Waals surface area contributed by atoms with Crippen molar-refractivity contribution >= 4 is 28.6 Å². The fourth-order valence-electron chi connectivity index (χ4n) is 1.03. The third kappa shape index (κ3) is 4.03. The third-order valence-corrected chi connectivity index (χ3v) is 3.60. The predicted molar refractivity (Wildman–Crippen MR) is 67.2 cm³/mol. The Morgan fingerprint density at radius 1 is 1.62 bits per heavy atom. The zero-order valence-electron chi connectivity index (χ0n) is 8.96. The van der Waals surface area contributed by atoms with Gasteiger partial charge in [-0.3, -0.25) is 4.79 Å². The molecule has 0 aliphatic rings. The van der Waals surface area contributed by atoms with Crippen LogP contribution in [-0.4, -0.2) is 23.2 Å². The fourth-order valence-corrected chi connectivity index (χ4v) is 2.30. The number of pyridine rings is 1. The van der Waals surface area contributed by atoms with E-state index in [4.69, 9.17) is 5.73 Å². The minimum atomic E-state index is -0.502. The normalized spacial score (nSPS) is 12.4. The van der Waals surface area contributed by atoms with Crippen molar-refractivity contribution in [1.82, 2.24) is 0 Å². The summed E-state index contributed by atoms with van der Waals surface area (Å²) in [6, 6.07) is 4.45. The van der Waals surface area contributed by atoms with Gasteiger partial charge in [0.25, 0.3) is 5.03 Å². The van der Waals surface area contributed by atoms with Gasteiger partial charge in [-0.05, 0) is 24.5 Å². The molecule has 0 aliphatic heterocycles. The summed E-state index contributed by atoms with van der Waals surface area (Å²) in [7, 11) is 0. The molecular formula is C10H14N2O2S2. The van der Waals surface area contributed by atoms with E-state index in [2.05, 4.69) is 0 Å². The van der Waals surface area contributed by atoms with Crippen molar-refractivity contribution < 1.29 is 9.52 Å². The molecule has 0 saturated heterocycles. The molecule has 0 aromatic carbocycles. The zero-order valence-corrected chi connectivity index (χ0v) is 10.6. The monoisotopic (exact) mass is 258 g/mol. The molecule has 1 unspecified atom stereocenters. The molecule has 1 heterocycles. The van der Waals surface area contributed by atoms with Gasteiger partial charge in [-0.15, -0.1) is 0 Å². The summed E-state index contributed by atoms with van der Waals surface area (Å²) in [5.74, 6) is 0.847. The van der Waals surface area contributed by atoms with Gasteiger partial charge in [0.15, 0.2) is 6.20 Å². The summed E-state index contributed by atoms with van der Waals surface area (Å²) >= 11 is 2.55. The molecule has 2 N–H and O–H groups in total. The summed E-state index contributed by atoms with van der Waals surface area (Å²) in [6.45, 7) is 0. The number of nitrogens with two attached hydrogens (primary N) is 1. The largest absolute Gasteiger partial charge is 0.618 e. The number of rotatable bonds is 5. The molecule has 0 radical (unpaired) electrons. The number of aromatic nitrogens is 1. The van der Waals surface area contributed by atoms with Crippen LogP contribution in [0.1, 0.15) is 6.42 Å². The van der Waals surface area contributed by atoms with Crippen LogP contribution < -0.4 is 10.5 Å². The molecule has 0 saturated carbocycles. The van der Waals surface area contributed by atoms with Gasteiger partial charge in [0.05, 0.1) is 6.04 Å². The highest BCUT2D eigenvalue weighted by Gasteiger charge is 2.18. The smallest absolute Gasteiger partial charge is 0.258 e. The van der Waals surface area contributed by atoms with Crippen LogP contribution in [-0.2, 0) is 4.79 Å². The highest BCUT2D eigenvalue weighted by atomic mass is 32.2. The zero-order chi connectivity index (χ0) is 12.0. The average molecular weight is 258 g/mol. The Kier molecular flexibility index (Phi) is 5.65. The molecule has 0 aliphatic carbocycles. The van der Waals surface area contributed by atoms with Gasteiger partial charge < -0.3 is 10.9 Å². The first-order chi connectivity index (χ1) is 7.65.